The number of fused-ring (bicyclic) bond motifs is 3. The third-order valence-corrected chi connectivity index (χ3v) is 3.85. The molecule has 1 atom stereocenters. The van der Waals surface area contributed by atoms with Gasteiger partial charge in [-0.2, -0.15) is 0 Å². The Bertz CT molecular complexity index is 598. The van der Waals surface area contributed by atoms with Gasteiger partial charge in [0.1, 0.15) is 0 Å². The predicted octanol–water partition coefficient (Wildman–Crippen LogP) is 3.31. The van der Waals surface area contributed by atoms with Crippen LogP contribution in [0.15, 0.2) is 18.2 Å². The summed E-state index contributed by atoms with van der Waals surface area (Å²) in [6.45, 7) is 2.18. The van der Waals surface area contributed by atoms with E-state index in [9.17, 15) is 9.90 Å². The number of aromatic amines is 1. The lowest BCUT2D eigenvalue weighted by atomic mass is 10.1. The third-order valence-electron chi connectivity index (χ3n) is 3.85. The van der Waals surface area contributed by atoms with Crippen molar-refractivity contribution in [3.05, 3.63) is 35.0 Å². The molecule has 0 amide bonds. The highest BCUT2D eigenvalue weighted by Gasteiger charge is 2.26. The van der Waals surface area contributed by atoms with Gasteiger partial charge < -0.3 is 10.1 Å². The average Bonchev–Trinajstić information content (AvgIpc) is 2.86. The molecule has 2 N–H and O–H groups in total. The molecule has 0 bridgehead atoms. The first-order chi connectivity index (χ1) is 8.22. The van der Waals surface area contributed by atoms with E-state index in [2.05, 4.69) is 11.9 Å². The monoisotopic (exact) mass is 229 g/mol. The fourth-order valence-corrected chi connectivity index (χ4v) is 2.96. The van der Waals surface area contributed by atoms with Crippen LogP contribution in [0.2, 0.25) is 0 Å². The number of rotatable bonds is 2. The predicted molar refractivity (Wildman–Crippen MR) is 66.6 cm³/mol. The van der Waals surface area contributed by atoms with Gasteiger partial charge in [-0.05, 0) is 36.8 Å². The molecule has 0 saturated heterocycles. The highest BCUT2D eigenvalue weighted by Crippen LogP contribution is 2.39. The molecule has 1 unspecified atom stereocenters. The minimum absolute atomic E-state index is 0.381. The van der Waals surface area contributed by atoms with Crippen LogP contribution >= 0.6 is 0 Å². The van der Waals surface area contributed by atoms with E-state index < -0.39 is 5.97 Å². The SMILES string of the molecule is CCC1CCc2c1[nH]c1c(C(=O)O)cccc21. The number of carboxylic acids is 1. The maximum absolute atomic E-state index is 11.2. The first-order valence-corrected chi connectivity index (χ1v) is 6.09. The van der Waals surface area contributed by atoms with E-state index in [-0.39, 0.29) is 0 Å². The third kappa shape index (κ3) is 1.38. The molecule has 3 rings (SSSR count). The summed E-state index contributed by atoms with van der Waals surface area (Å²) in [6, 6.07) is 5.52. The molecule has 88 valence electrons. The second-order valence-electron chi connectivity index (χ2n) is 4.69. The van der Waals surface area contributed by atoms with Gasteiger partial charge in [0.25, 0.3) is 0 Å². The Morgan fingerprint density at radius 2 is 2.35 bits per heavy atom. The van der Waals surface area contributed by atoms with E-state index in [4.69, 9.17) is 0 Å². The zero-order chi connectivity index (χ0) is 12.0. The van der Waals surface area contributed by atoms with Gasteiger partial charge in [-0.3, -0.25) is 0 Å². The molecule has 0 radical (unpaired) electrons. The number of aromatic nitrogens is 1. The zero-order valence-corrected chi connectivity index (χ0v) is 9.79. The van der Waals surface area contributed by atoms with Crippen LogP contribution in [0.3, 0.4) is 0 Å². The van der Waals surface area contributed by atoms with Crippen LogP contribution in [0.1, 0.15) is 47.3 Å². The topological polar surface area (TPSA) is 53.1 Å². The fourth-order valence-electron chi connectivity index (χ4n) is 2.96. The number of carbonyl (C=O) groups is 1. The molecule has 1 aliphatic carbocycles. The van der Waals surface area contributed by atoms with Gasteiger partial charge in [0.15, 0.2) is 0 Å². The van der Waals surface area contributed by atoms with Gasteiger partial charge in [0.05, 0.1) is 11.1 Å². The molecule has 3 nitrogen and oxygen atoms in total. The van der Waals surface area contributed by atoms with Crippen molar-refractivity contribution >= 4 is 16.9 Å². The molecule has 1 aromatic carbocycles. The summed E-state index contributed by atoms with van der Waals surface area (Å²) in [5.41, 5.74) is 3.76. The molecule has 1 heterocycles. The normalized spacial score (nSPS) is 18.5. The number of benzene rings is 1. The Balaban J connectivity index is 2.28. The van der Waals surface area contributed by atoms with E-state index in [1.807, 2.05) is 12.1 Å². The summed E-state index contributed by atoms with van der Waals surface area (Å²) >= 11 is 0. The second kappa shape index (κ2) is 3.62. The van der Waals surface area contributed by atoms with Crippen LogP contribution in [0.25, 0.3) is 10.9 Å². The molecule has 0 saturated carbocycles. The Morgan fingerprint density at radius 3 is 3.06 bits per heavy atom. The van der Waals surface area contributed by atoms with Crippen molar-refractivity contribution in [3.63, 3.8) is 0 Å². The van der Waals surface area contributed by atoms with Crippen molar-refractivity contribution in [2.24, 2.45) is 0 Å². The molecule has 0 spiro atoms. The van der Waals surface area contributed by atoms with Gasteiger partial charge in [-0.1, -0.05) is 19.1 Å². The second-order valence-corrected chi connectivity index (χ2v) is 4.69. The number of H-pyrrole nitrogens is 1. The summed E-state index contributed by atoms with van der Waals surface area (Å²) in [7, 11) is 0. The first-order valence-electron chi connectivity index (χ1n) is 6.09. The summed E-state index contributed by atoms with van der Waals surface area (Å²) in [5.74, 6) is -0.289. The number of para-hydroxylation sites is 1. The standard InChI is InChI=1S/C14H15NO2/c1-2-8-6-7-10-9-4-3-5-11(14(16)17)13(9)15-12(8)10/h3-5,8,15H,2,6-7H2,1H3,(H,16,17). The largest absolute Gasteiger partial charge is 0.478 e. The van der Waals surface area contributed by atoms with Crippen LogP contribution < -0.4 is 0 Å². The molecule has 3 heteroatoms. The molecule has 17 heavy (non-hydrogen) atoms. The van der Waals surface area contributed by atoms with Crippen molar-refractivity contribution in [1.29, 1.82) is 0 Å². The maximum atomic E-state index is 11.2. The van der Waals surface area contributed by atoms with Crippen molar-refractivity contribution < 1.29 is 9.90 Å². The lowest BCUT2D eigenvalue weighted by molar-refractivity contribution is 0.0699. The Morgan fingerprint density at radius 1 is 1.53 bits per heavy atom. The van der Waals surface area contributed by atoms with Gasteiger partial charge >= 0.3 is 5.97 Å². The van der Waals surface area contributed by atoms with E-state index >= 15 is 0 Å². The van der Waals surface area contributed by atoms with Crippen molar-refractivity contribution in [1.82, 2.24) is 4.98 Å². The molecule has 2 aromatic rings. The summed E-state index contributed by atoms with van der Waals surface area (Å²) < 4.78 is 0. The Labute approximate surface area is 99.5 Å². The van der Waals surface area contributed by atoms with Crippen molar-refractivity contribution in [2.75, 3.05) is 0 Å². The van der Waals surface area contributed by atoms with Gasteiger partial charge in [-0.25, -0.2) is 4.79 Å². The number of aromatic carboxylic acids is 1. The van der Waals surface area contributed by atoms with E-state index in [0.717, 1.165) is 23.7 Å². The molecule has 1 aliphatic rings. The lowest BCUT2D eigenvalue weighted by Crippen LogP contribution is -1.98. The number of hydrogen-bond donors (Lipinski definition) is 2. The van der Waals surface area contributed by atoms with Crippen molar-refractivity contribution in [3.8, 4) is 0 Å². The number of carboxylic acid groups (broad SMARTS) is 1. The summed E-state index contributed by atoms with van der Waals surface area (Å²) in [4.78, 5) is 14.5. The van der Waals surface area contributed by atoms with Crippen molar-refractivity contribution in [2.45, 2.75) is 32.1 Å². The smallest absolute Gasteiger partial charge is 0.337 e. The van der Waals surface area contributed by atoms with Gasteiger partial charge in [-0.15, -0.1) is 0 Å². The quantitative estimate of drug-likeness (QED) is 0.830. The van der Waals surface area contributed by atoms with Crippen LogP contribution in [-0.2, 0) is 6.42 Å². The minimum atomic E-state index is -0.858. The number of nitrogens with one attached hydrogen (secondary N) is 1. The first kappa shape index (κ1) is 10.4. The van der Waals surface area contributed by atoms with Gasteiger partial charge in [0, 0.05) is 11.1 Å². The lowest BCUT2D eigenvalue weighted by Gasteiger charge is -2.05. The van der Waals surface area contributed by atoms with Crippen LogP contribution in [0.4, 0.5) is 0 Å². The fraction of sp³-hybridized carbons (Fsp3) is 0.357. The maximum Gasteiger partial charge on any atom is 0.337 e. The minimum Gasteiger partial charge on any atom is -0.478 e. The van der Waals surface area contributed by atoms with E-state index in [0.29, 0.717) is 11.5 Å². The summed E-state index contributed by atoms with van der Waals surface area (Å²) in [5, 5.41) is 10.3. The molecule has 0 fully saturated rings. The van der Waals surface area contributed by atoms with Gasteiger partial charge in [0.2, 0.25) is 0 Å². The Kier molecular flexibility index (Phi) is 2.21. The highest BCUT2D eigenvalue weighted by molar-refractivity contribution is 6.03. The molecular weight excluding hydrogens is 214 g/mol. The summed E-state index contributed by atoms with van der Waals surface area (Å²) in [6.07, 6.45) is 3.37. The van der Waals surface area contributed by atoms with E-state index in [1.54, 1.807) is 6.07 Å². The number of hydrogen-bond acceptors (Lipinski definition) is 1. The highest BCUT2D eigenvalue weighted by atomic mass is 16.4. The molecule has 1 aromatic heterocycles. The van der Waals surface area contributed by atoms with Crippen LogP contribution in [0, 0.1) is 0 Å². The average molecular weight is 229 g/mol. The molecular formula is C14H15NO2. The van der Waals surface area contributed by atoms with E-state index in [1.165, 1.54) is 17.7 Å². The van der Waals surface area contributed by atoms with Crippen LogP contribution in [-0.4, -0.2) is 16.1 Å². The van der Waals surface area contributed by atoms with Crippen LogP contribution in [0.5, 0.6) is 0 Å². The zero-order valence-electron chi connectivity index (χ0n) is 9.79. The Hall–Kier alpha value is -1.77. The number of aryl methyl sites for hydroxylation is 1. The molecule has 0 aliphatic heterocycles.